The summed E-state index contributed by atoms with van der Waals surface area (Å²) in [6.07, 6.45) is -0.771. The molecule has 0 N–H and O–H groups in total. The number of anilines is 1. The summed E-state index contributed by atoms with van der Waals surface area (Å²) >= 11 is 0. The van der Waals surface area contributed by atoms with Gasteiger partial charge in [-0.2, -0.15) is 0 Å². The maximum absolute atomic E-state index is 12.0. The lowest BCUT2D eigenvalue weighted by Gasteiger charge is -2.35. The van der Waals surface area contributed by atoms with Crippen molar-refractivity contribution >= 4 is 22.8 Å². The molecule has 0 bridgehead atoms. The van der Waals surface area contributed by atoms with Crippen LogP contribution in [-0.2, 0) is 14.3 Å². The number of nitrogens with zero attached hydrogens (tertiary/aromatic N) is 3. The van der Waals surface area contributed by atoms with Gasteiger partial charge in [-0.05, 0) is 13.0 Å². The number of hydrogen-bond donors (Lipinski definition) is 0. The number of carbonyl (C=O) groups is 1. The lowest BCUT2D eigenvalue weighted by molar-refractivity contribution is -0.158. The van der Waals surface area contributed by atoms with Gasteiger partial charge in [-0.1, -0.05) is 48.5 Å². The summed E-state index contributed by atoms with van der Waals surface area (Å²) in [7, 11) is 1.37. The quantitative estimate of drug-likeness (QED) is 0.667. The van der Waals surface area contributed by atoms with E-state index in [0.29, 0.717) is 19.0 Å². The summed E-state index contributed by atoms with van der Waals surface area (Å²) in [6, 6.07) is 18.0. The van der Waals surface area contributed by atoms with Crippen LogP contribution in [0.5, 0.6) is 0 Å². The van der Waals surface area contributed by atoms with Crippen molar-refractivity contribution in [2.75, 3.05) is 25.1 Å². The summed E-state index contributed by atoms with van der Waals surface area (Å²) in [5, 5.41) is 0.998. The average molecular weight is 363 g/mol. The van der Waals surface area contributed by atoms with E-state index in [1.165, 1.54) is 7.11 Å². The number of fused-ring (bicyclic) bond motifs is 1. The Morgan fingerprint density at radius 3 is 2.59 bits per heavy atom. The van der Waals surface area contributed by atoms with E-state index in [0.717, 1.165) is 22.2 Å². The number of methoxy groups -OCH3 is 1. The molecule has 1 aliphatic rings. The molecule has 138 valence electrons. The van der Waals surface area contributed by atoms with E-state index in [1.807, 2.05) is 66.4 Å². The molecule has 1 fully saturated rings. The van der Waals surface area contributed by atoms with Gasteiger partial charge in [0.1, 0.15) is 0 Å². The van der Waals surface area contributed by atoms with Crippen LogP contribution in [0.4, 0.5) is 5.95 Å². The molecule has 27 heavy (non-hydrogen) atoms. The first-order chi connectivity index (χ1) is 13.2. The summed E-state index contributed by atoms with van der Waals surface area (Å²) in [6.45, 7) is 2.91. The SMILES string of the molecule is COC(=O)C1CN(c2nc(-c3ccccc3)c3ccccc3n2)C[C@@H](C)O1. The molecule has 0 amide bonds. The zero-order valence-corrected chi connectivity index (χ0v) is 15.3. The Morgan fingerprint density at radius 1 is 1.07 bits per heavy atom. The molecule has 6 heteroatoms. The van der Waals surface area contributed by atoms with Crippen LogP contribution < -0.4 is 4.90 Å². The zero-order valence-electron chi connectivity index (χ0n) is 15.3. The number of benzene rings is 2. The second-order valence-corrected chi connectivity index (χ2v) is 6.62. The fourth-order valence-corrected chi connectivity index (χ4v) is 3.40. The topological polar surface area (TPSA) is 64.5 Å². The summed E-state index contributed by atoms with van der Waals surface area (Å²) in [5.74, 6) is 0.215. The Labute approximate surface area is 157 Å². The third kappa shape index (κ3) is 3.48. The van der Waals surface area contributed by atoms with Crippen LogP contribution in [0.3, 0.4) is 0 Å². The number of para-hydroxylation sites is 1. The highest BCUT2D eigenvalue weighted by Gasteiger charge is 2.32. The van der Waals surface area contributed by atoms with Crippen molar-refractivity contribution in [3.05, 3.63) is 54.6 Å². The summed E-state index contributed by atoms with van der Waals surface area (Å²) in [4.78, 5) is 23.6. The van der Waals surface area contributed by atoms with Gasteiger partial charge in [0, 0.05) is 17.5 Å². The van der Waals surface area contributed by atoms with Crippen molar-refractivity contribution < 1.29 is 14.3 Å². The van der Waals surface area contributed by atoms with Crippen molar-refractivity contribution in [3.8, 4) is 11.3 Å². The molecular weight excluding hydrogens is 342 g/mol. The first kappa shape index (κ1) is 17.4. The first-order valence-electron chi connectivity index (χ1n) is 8.96. The first-order valence-corrected chi connectivity index (χ1v) is 8.96. The molecule has 1 unspecified atom stereocenters. The summed E-state index contributed by atoms with van der Waals surface area (Å²) < 4.78 is 10.6. The number of carbonyl (C=O) groups excluding carboxylic acids is 1. The van der Waals surface area contributed by atoms with E-state index in [9.17, 15) is 4.79 Å². The molecule has 0 aliphatic carbocycles. The lowest BCUT2D eigenvalue weighted by Crippen LogP contribution is -2.50. The molecular formula is C21H21N3O3. The molecule has 0 saturated carbocycles. The van der Waals surface area contributed by atoms with E-state index >= 15 is 0 Å². The van der Waals surface area contributed by atoms with Crippen molar-refractivity contribution in [2.24, 2.45) is 0 Å². The van der Waals surface area contributed by atoms with Crippen LogP contribution in [0.15, 0.2) is 54.6 Å². The molecule has 1 aliphatic heterocycles. The maximum atomic E-state index is 12.0. The van der Waals surface area contributed by atoms with Crippen LogP contribution in [0, 0.1) is 0 Å². The molecule has 2 aromatic carbocycles. The van der Waals surface area contributed by atoms with Gasteiger partial charge in [0.15, 0.2) is 6.10 Å². The molecule has 1 aromatic heterocycles. The molecule has 6 nitrogen and oxygen atoms in total. The Morgan fingerprint density at radius 2 is 1.81 bits per heavy atom. The molecule has 2 heterocycles. The average Bonchev–Trinajstić information content (AvgIpc) is 2.72. The third-order valence-electron chi connectivity index (χ3n) is 4.65. The van der Waals surface area contributed by atoms with Gasteiger partial charge < -0.3 is 14.4 Å². The Hall–Kier alpha value is -2.99. The minimum atomic E-state index is -0.644. The standard InChI is InChI=1S/C21H21N3O3/c1-14-12-24(13-18(27-14)20(25)26-2)21-22-17-11-7-6-10-16(17)19(23-21)15-8-4-3-5-9-15/h3-11,14,18H,12-13H2,1-2H3/t14-,18?/m1/s1. The maximum Gasteiger partial charge on any atom is 0.336 e. The molecule has 3 aromatic rings. The fraction of sp³-hybridized carbons (Fsp3) is 0.286. The molecule has 0 spiro atoms. The van der Waals surface area contributed by atoms with Gasteiger partial charge in [-0.25, -0.2) is 14.8 Å². The van der Waals surface area contributed by atoms with E-state index in [-0.39, 0.29) is 12.1 Å². The monoisotopic (exact) mass is 363 g/mol. The summed E-state index contributed by atoms with van der Waals surface area (Å²) in [5.41, 5.74) is 2.78. The minimum Gasteiger partial charge on any atom is -0.467 e. The number of hydrogen-bond acceptors (Lipinski definition) is 6. The second-order valence-electron chi connectivity index (χ2n) is 6.62. The number of morpholine rings is 1. The van der Waals surface area contributed by atoms with E-state index < -0.39 is 6.10 Å². The highest BCUT2D eigenvalue weighted by molar-refractivity contribution is 5.93. The smallest absolute Gasteiger partial charge is 0.336 e. The van der Waals surface area contributed by atoms with Crippen LogP contribution in [0.1, 0.15) is 6.92 Å². The third-order valence-corrected chi connectivity index (χ3v) is 4.65. The van der Waals surface area contributed by atoms with Crippen molar-refractivity contribution in [2.45, 2.75) is 19.1 Å². The largest absolute Gasteiger partial charge is 0.467 e. The Kier molecular flexibility index (Phi) is 4.73. The van der Waals surface area contributed by atoms with Gasteiger partial charge in [0.25, 0.3) is 0 Å². The Bertz CT molecular complexity index is 961. The van der Waals surface area contributed by atoms with Gasteiger partial charge >= 0.3 is 5.97 Å². The van der Waals surface area contributed by atoms with E-state index in [1.54, 1.807) is 0 Å². The molecule has 0 radical (unpaired) electrons. The highest BCUT2D eigenvalue weighted by atomic mass is 16.6. The molecule has 4 rings (SSSR count). The zero-order chi connectivity index (χ0) is 18.8. The van der Waals surface area contributed by atoms with E-state index in [4.69, 9.17) is 19.4 Å². The predicted octanol–water partition coefficient (Wildman–Crippen LogP) is 3.06. The van der Waals surface area contributed by atoms with Crippen molar-refractivity contribution in [3.63, 3.8) is 0 Å². The predicted molar refractivity (Wildman–Crippen MR) is 104 cm³/mol. The second kappa shape index (κ2) is 7.32. The van der Waals surface area contributed by atoms with Crippen LogP contribution >= 0.6 is 0 Å². The number of ether oxygens (including phenoxy) is 2. The number of aromatic nitrogens is 2. The van der Waals surface area contributed by atoms with Crippen LogP contribution in [-0.4, -0.2) is 48.3 Å². The van der Waals surface area contributed by atoms with Gasteiger partial charge in [-0.3, -0.25) is 0 Å². The lowest BCUT2D eigenvalue weighted by atomic mass is 10.1. The number of esters is 1. The van der Waals surface area contributed by atoms with Gasteiger partial charge in [0.2, 0.25) is 5.95 Å². The van der Waals surface area contributed by atoms with Gasteiger partial charge in [0.05, 0.1) is 31.0 Å². The normalized spacial score (nSPS) is 19.9. The highest BCUT2D eigenvalue weighted by Crippen LogP contribution is 2.29. The fourth-order valence-electron chi connectivity index (χ4n) is 3.40. The number of rotatable bonds is 3. The van der Waals surface area contributed by atoms with Crippen molar-refractivity contribution in [1.82, 2.24) is 9.97 Å². The molecule has 1 saturated heterocycles. The molecule has 2 atom stereocenters. The van der Waals surface area contributed by atoms with Crippen LogP contribution in [0.2, 0.25) is 0 Å². The van der Waals surface area contributed by atoms with E-state index in [2.05, 4.69) is 0 Å². The minimum absolute atomic E-state index is 0.127. The van der Waals surface area contributed by atoms with Crippen LogP contribution in [0.25, 0.3) is 22.2 Å². The van der Waals surface area contributed by atoms with Gasteiger partial charge in [-0.15, -0.1) is 0 Å². The van der Waals surface area contributed by atoms with Crippen molar-refractivity contribution in [1.29, 1.82) is 0 Å². The Balaban J connectivity index is 1.79.